The number of aliphatic carboxylic acids is 1. The number of hydrogen-bond donors (Lipinski definition) is 1. The third kappa shape index (κ3) is 3.88. The summed E-state index contributed by atoms with van der Waals surface area (Å²) in [6.07, 6.45) is 4.00. The van der Waals surface area contributed by atoms with E-state index in [4.69, 9.17) is 0 Å². The summed E-state index contributed by atoms with van der Waals surface area (Å²) in [6, 6.07) is 9.76. The fraction of sp³-hybridized carbons (Fsp3) is 0.526. The summed E-state index contributed by atoms with van der Waals surface area (Å²) in [7, 11) is 0. The van der Waals surface area contributed by atoms with Gasteiger partial charge in [0.1, 0.15) is 0 Å². The van der Waals surface area contributed by atoms with Gasteiger partial charge in [0.15, 0.2) is 0 Å². The van der Waals surface area contributed by atoms with Crippen molar-refractivity contribution >= 4 is 5.97 Å². The topological polar surface area (TPSA) is 37.3 Å². The fourth-order valence-electron chi connectivity index (χ4n) is 3.16. The number of benzene rings is 1. The lowest BCUT2D eigenvalue weighted by Crippen LogP contribution is -2.36. The summed E-state index contributed by atoms with van der Waals surface area (Å²) in [4.78, 5) is 11.7. The zero-order valence-electron chi connectivity index (χ0n) is 12.9. The number of carboxylic acid groups (broad SMARTS) is 1. The first-order valence-corrected chi connectivity index (χ1v) is 7.81. The Morgan fingerprint density at radius 3 is 2.43 bits per heavy atom. The summed E-state index contributed by atoms with van der Waals surface area (Å²) in [5.74, 6) is 6.84. The maximum absolute atomic E-state index is 11.7. The van der Waals surface area contributed by atoms with Crippen LogP contribution in [-0.4, -0.2) is 11.1 Å². The highest BCUT2D eigenvalue weighted by Gasteiger charge is 2.41. The van der Waals surface area contributed by atoms with Gasteiger partial charge in [-0.2, -0.15) is 0 Å². The summed E-state index contributed by atoms with van der Waals surface area (Å²) in [6.45, 7) is 4.46. The molecule has 2 rings (SSSR count). The minimum Gasteiger partial charge on any atom is -0.481 e. The van der Waals surface area contributed by atoms with E-state index in [0.29, 0.717) is 18.3 Å². The van der Waals surface area contributed by atoms with Crippen molar-refractivity contribution < 1.29 is 9.90 Å². The first kappa shape index (κ1) is 15.6. The molecule has 0 unspecified atom stereocenters. The molecule has 0 aromatic heterocycles. The lowest BCUT2D eigenvalue weighted by Gasteiger charge is -2.37. The van der Waals surface area contributed by atoms with Crippen molar-refractivity contribution in [3.05, 3.63) is 35.9 Å². The number of carboxylic acids is 1. The van der Waals surface area contributed by atoms with Gasteiger partial charge in [-0.3, -0.25) is 4.79 Å². The molecule has 1 aromatic rings. The first-order valence-electron chi connectivity index (χ1n) is 7.81. The van der Waals surface area contributed by atoms with Crippen LogP contribution in [0, 0.1) is 29.1 Å². The molecule has 1 N–H and O–H groups in total. The molecule has 2 heteroatoms. The van der Waals surface area contributed by atoms with Crippen molar-refractivity contribution in [1.82, 2.24) is 0 Å². The zero-order valence-corrected chi connectivity index (χ0v) is 12.9. The fourth-order valence-corrected chi connectivity index (χ4v) is 3.16. The third-order valence-electron chi connectivity index (χ3n) is 4.82. The number of hydrogen-bond acceptors (Lipinski definition) is 1. The molecule has 0 radical (unpaired) electrons. The smallest absolute Gasteiger partial charge is 0.310 e. The quantitative estimate of drug-likeness (QED) is 0.838. The van der Waals surface area contributed by atoms with Gasteiger partial charge in [0.2, 0.25) is 0 Å². The Morgan fingerprint density at radius 1 is 1.29 bits per heavy atom. The van der Waals surface area contributed by atoms with Gasteiger partial charge in [-0.1, -0.05) is 43.9 Å². The molecular weight excluding hydrogens is 260 g/mol. The second kappa shape index (κ2) is 6.80. The van der Waals surface area contributed by atoms with Gasteiger partial charge in [-0.05, 0) is 49.7 Å². The zero-order chi connectivity index (χ0) is 15.3. The molecule has 0 amide bonds. The molecule has 0 atom stereocenters. The largest absolute Gasteiger partial charge is 0.481 e. The van der Waals surface area contributed by atoms with E-state index in [0.717, 1.165) is 31.2 Å². The summed E-state index contributed by atoms with van der Waals surface area (Å²) in [5.41, 5.74) is 0.321. The van der Waals surface area contributed by atoms with Crippen molar-refractivity contribution in [2.75, 3.05) is 0 Å². The molecule has 1 aliphatic carbocycles. The van der Waals surface area contributed by atoms with E-state index in [-0.39, 0.29) is 0 Å². The van der Waals surface area contributed by atoms with Crippen LogP contribution in [0.15, 0.2) is 30.3 Å². The normalized spacial score (nSPS) is 25.2. The highest BCUT2D eigenvalue weighted by Crippen LogP contribution is 2.43. The van der Waals surface area contributed by atoms with E-state index >= 15 is 0 Å². The van der Waals surface area contributed by atoms with Crippen LogP contribution in [0.3, 0.4) is 0 Å². The van der Waals surface area contributed by atoms with Crippen LogP contribution >= 0.6 is 0 Å². The lowest BCUT2D eigenvalue weighted by molar-refractivity contribution is -0.151. The monoisotopic (exact) mass is 284 g/mol. The second-order valence-corrected chi connectivity index (χ2v) is 6.51. The molecule has 1 aromatic carbocycles. The molecular formula is C19H24O2. The third-order valence-corrected chi connectivity index (χ3v) is 4.82. The van der Waals surface area contributed by atoms with E-state index in [1.807, 2.05) is 30.3 Å². The highest BCUT2D eigenvalue weighted by atomic mass is 16.4. The van der Waals surface area contributed by atoms with Crippen LogP contribution in [0.4, 0.5) is 0 Å². The van der Waals surface area contributed by atoms with E-state index in [1.165, 1.54) is 0 Å². The lowest BCUT2D eigenvalue weighted by atomic mass is 9.66. The van der Waals surface area contributed by atoms with Crippen molar-refractivity contribution in [1.29, 1.82) is 0 Å². The Morgan fingerprint density at radius 2 is 1.90 bits per heavy atom. The van der Waals surface area contributed by atoms with E-state index in [2.05, 4.69) is 25.7 Å². The Kier molecular flexibility index (Phi) is 5.07. The molecule has 1 aliphatic rings. The summed E-state index contributed by atoms with van der Waals surface area (Å²) < 4.78 is 0. The molecule has 2 nitrogen and oxygen atoms in total. The van der Waals surface area contributed by atoms with E-state index in [1.54, 1.807) is 0 Å². The van der Waals surface area contributed by atoms with Gasteiger partial charge < -0.3 is 5.11 Å². The number of rotatable bonds is 3. The standard InChI is InChI=1S/C19H24O2/c1-15(2)17-10-13-19(14-11-17,18(20)21)12-6-9-16-7-4-3-5-8-16/h3-5,7-8,15,17H,10-14H2,1-2H3,(H,20,21). The van der Waals surface area contributed by atoms with Crippen molar-refractivity contribution in [3.63, 3.8) is 0 Å². The van der Waals surface area contributed by atoms with Crippen LogP contribution < -0.4 is 0 Å². The molecule has 1 saturated carbocycles. The van der Waals surface area contributed by atoms with Crippen molar-refractivity contribution in [3.8, 4) is 11.8 Å². The minimum atomic E-state index is -0.674. The average Bonchev–Trinajstić information content (AvgIpc) is 2.48. The van der Waals surface area contributed by atoms with Crippen molar-refractivity contribution in [2.24, 2.45) is 17.3 Å². The molecule has 0 aliphatic heterocycles. The minimum absolute atomic E-state index is 0.460. The maximum Gasteiger partial charge on any atom is 0.310 e. The predicted molar refractivity (Wildman–Crippen MR) is 84.8 cm³/mol. The van der Waals surface area contributed by atoms with Gasteiger partial charge in [-0.15, -0.1) is 0 Å². The van der Waals surface area contributed by atoms with Crippen LogP contribution in [0.2, 0.25) is 0 Å². The molecule has 0 heterocycles. The molecule has 112 valence electrons. The molecule has 1 fully saturated rings. The summed E-state index contributed by atoms with van der Waals surface area (Å²) >= 11 is 0. The van der Waals surface area contributed by atoms with Gasteiger partial charge in [0.25, 0.3) is 0 Å². The van der Waals surface area contributed by atoms with Crippen molar-refractivity contribution in [2.45, 2.75) is 46.0 Å². The summed E-state index contributed by atoms with van der Waals surface area (Å²) in [5, 5.41) is 9.64. The second-order valence-electron chi connectivity index (χ2n) is 6.51. The van der Waals surface area contributed by atoms with Gasteiger partial charge in [-0.25, -0.2) is 0 Å². The van der Waals surface area contributed by atoms with Gasteiger partial charge in [0.05, 0.1) is 5.41 Å². The highest BCUT2D eigenvalue weighted by molar-refractivity contribution is 5.75. The Hall–Kier alpha value is -1.75. The van der Waals surface area contributed by atoms with Crippen LogP contribution in [-0.2, 0) is 4.79 Å². The molecule has 0 saturated heterocycles. The van der Waals surface area contributed by atoms with Gasteiger partial charge >= 0.3 is 5.97 Å². The van der Waals surface area contributed by atoms with E-state index in [9.17, 15) is 9.90 Å². The molecule has 21 heavy (non-hydrogen) atoms. The number of carbonyl (C=O) groups is 1. The van der Waals surface area contributed by atoms with Crippen LogP contribution in [0.25, 0.3) is 0 Å². The Labute approximate surface area is 127 Å². The van der Waals surface area contributed by atoms with Crippen LogP contribution in [0.1, 0.15) is 51.5 Å². The molecule has 0 bridgehead atoms. The predicted octanol–water partition coefficient (Wildman–Crippen LogP) is 4.35. The maximum atomic E-state index is 11.7. The SMILES string of the molecule is CC(C)C1CCC(CC#Cc2ccccc2)(C(=O)O)CC1. The van der Waals surface area contributed by atoms with Crippen LogP contribution in [0.5, 0.6) is 0 Å². The average molecular weight is 284 g/mol. The Balaban J connectivity index is 2.04. The Bertz CT molecular complexity index is 526. The van der Waals surface area contributed by atoms with Gasteiger partial charge in [0, 0.05) is 12.0 Å². The van der Waals surface area contributed by atoms with E-state index < -0.39 is 11.4 Å². The first-order chi connectivity index (χ1) is 10.0. The molecule has 0 spiro atoms.